The molecule has 3 rings (SSSR count). The highest BCUT2D eigenvalue weighted by Gasteiger charge is 2.16. The van der Waals surface area contributed by atoms with E-state index < -0.39 is 0 Å². The maximum absolute atomic E-state index is 4.21. The monoisotopic (exact) mass is 327 g/mol. The van der Waals surface area contributed by atoms with E-state index in [9.17, 15) is 0 Å². The molecule has 0 unspecified atom stereocenters. The van der Waals surface area contributed by atoms with Gasteiger partial charge in [0.2, 0.25) is 0 Å². The number of hydrogen-bond acceptors (Lipinski definition) is 4. The maximum atomic E-state index is 4.21. The lowest BCUT2D eigenvalue weighted by molar-refractivity contribution is 0.252. The highest BCUT2D eigenvalue weighted by Crippen LogP contribution is 2.17. The maximum Gasteiger partial charge on any atom is 0.120 e. The third kappa shape index (κ3) is 5.08. The highest BCUT2D eigenvalue weighted by molar-refractivity contribution is 5.48. The van der Waals surface area contributed by atoms with E-state index in [-0.39, 0.29) is 0 Å². The largest absolute Gasteiger partial charge is 0.369 e. The molecule has 1 aliphatic rings. The molecule has 0 atom stereocenters. The molecule has 1 saturated heterocycles. The van der Waals surface area contributed by atoms with Crippen LogP contribution >= 0.6 is 0 Å². The minimum Gasteiger partial charge on any atom is -0.369 e. The molecule has 1 aromatic heterocycles. The predicted octanol–water partition coefficient (Wildman–Crippen LogP) is 2.41. The summed E-state index contributed by atoms with van der Waals surface area (Å²) in [5.41, 5.74) is 2.72. The number of benzene rings is 1. The molecule has 2 heterocycles. The van der Waals surface area contributed by atoms with Gasteiger partial charge in [-0.25, -0.2) is 4.98 Å². The van der Waals surface area contributed by atoms with Crippen molar-refractivity contribution < 1.29 is 0 Å². The standard InChI is InChI=1S/C19H29N5/c1-17-5-4-6-18(15-17)24-13-11-23(12-14-24)10-3-2-7-20-16-19-21-8-9-22-19/h4-6,8-9,15,20H,2-3,7,10-14,16H2,1H3,(H,21,22). The lowest BCUT2D eigenvalue weighted by atomic mass is 10.2. The van der Waals surface area contributed by atoms with E-state index in [2.05, 4.69) is 56.3 Å². The van der Waals surface area contributed by atoms with Crippen LogP contribution in [0, 0.1) is 6.92 Å². The number of hydrogen-bond donors (Lipinski definition) is 2. The fourth-order valence-electron chi connectivity index (χ4n) is 3.24. The van der Waals surface area contributed by atoms with Crippen LogP contribution in [0.4, 0.5) is 5.69 Å². The molecule has 130 valence electrons. The molecule has 0 saturated carbocycles. The molecule has 24 heavy (non-hydrogen) atoms. The third-order valence-corrected chi connectivity index (χ3v) is 4.66. The van der Waals surface area contributed by atoms with Crippen LogP contribution in [0.5, 0.6) is 0 Å². The topological polar surface area (TPSA) is 47.2 Å². The molecule has 1 aliphatic heterocycles. The number of H-pyrrole nitrogens is 1. The molecule has 5 heteroatoms. The molecule has 1 fully saturated rings. The van der Waals surface area contributed by atoms with Gasteiger partial charge in [0.05, 0.1) is 6.54 Å². The molecular formula is C19H29N5. The number of piperazine rings is 1. The number of nitrogens with one attached hydrogen (secondary N) is 2. The Morgan fingerprint density at radius 3 is 2.79 bits per heavy atom. The average molecular weight is 327 g/mol. The molecule has 0 spiro atoms. The number of unbranched alkanes of at least 4 members (excludes halogenated alkanes) is 1. The number of aromatic amines is 1. The zero-order valence-electron chi connectivity index (χ0n) is 14.7. The van der Waals surface area contributed by atoms with Gasteiger partial charge >= 0.3 is 0 Å². The first-order valence-corrected chi connectivity index (χ1v) is 9.04. The summed E-state index contributed by atoms with van der Waals surface area (Å²) in [5, 5.41) is 3.44. The van der Waals surface area contributed by atoms with Crippen LogP contribution in [0.3, 0.4) is 0 Å². The Kier molecular flexibility index (Phi) is 6.26. The fourth-order valence-corrected chi connectivity index (χ4v) is 3.24. The molecule has 0 aliphatic carbocycles. The van der Waals surface area contributed by atoms with Crippen LogP contribution in [0.15, 0.2) is 36.7 Å². The summed E-state index contributed by atoms with van der Waals surface area (Å²) in [4.78, 5) is 12.4. The zero-order valence-corrected chi connectivity index (χ0v) is 14.7. The van der Waals surface area contributed by atoms with E-state index in [0.717, 1.165) is 32.0 Å². The third-order valence-electron chi connectivity index (χ3n) is 4.66. The lowest BCUT2D eigenvalue weighted by Gasteiger charge is -2.36. The van der Waals surface area contributed by atoms with Crippen LogP contribution in [-0.2, 0) is 6.54 Å². The van der Waals surface area contributed by atoms with Gasteiger partial charge in [-0.1, -0.05) is 12.1 Å². The van der Waals surface area contributed by atoms with Crippen LogP contribution in [0.1, 0.15) is 24.2 Å². The highest BCUT2D eigenvalue weighted by atomic mass is 15.3. The Balaban J connectivity index is 1.27. The number of aryl methyl sites for hydroxylation is 1. The number of nitrogens with zero attached hydrogens (tertiary/aromatic N) is 3. The van der Waals surface area contributed by atoms with Gasteiger partial charge in [-0.2, -0.15) is 0 Å². The van der Waals surface area contributed by atoms with E-state index in [0.29, 0.717) is 0 Å². The van der Waals surface area contributed by atoms with Gasteiger partial charge in [0.1, 0.15) is 5.82 Å². The quantitative estimate of drug-likeness (QED) is 0.731. The Labute approximate surface area is 145 Å². The smallest absolute Gasteiger partial charge is 0.120 e. The number of aromatic nitrogens is 2. The molecular weight excluding hydrogens is 298 g/mol. The summed E-state index contributed by atoms with van der Waals surface area (Å²) >= 11 is 0. The minimum atomic E-state index is 0.835. The number of rotatable bonds is 8. The van der Waals surface area contributed by atoms with Gasteiger partial charge < -0.3 is 15.2 Å². The van der Waals surface area contributed by atoms with Crippen LogP contribution < -0.4 is 10.2 Å². The fraction of sp³-hybridized carbons (Fsp3) is 0.526. The SMILES string of the molecule is Cc1cccc(N2CCN(CCCCNCc3ncc[nH]3)CC2)c1. The van der Waals surface area contributed by atoms with E-state index in [1.807, 2.05) is 6.20 Å². The molecule has 0 amide bonds. The van der Waals surface area contributed by atoms with Gasteiger partial charge in [0, 0.05) is 44.3 Å². The molecule has 2 N–H and O–H groups in total. The summed E-state index contributed by atoms with van der Waals surface area (Å²) in [7, 11) is 0. The van der Waals surface area contributed by atoms with Gasteiger partial charge in [0.15, 0.2) is 0 Å². The number of anilines is 1. The van der Waals surface area contributed by atoms with Crippen molar-refractivity contribution in [1.29, 1.82) is 0 Å². The Hall–Kier alpha value is -1.85. The Morgan fingerprint density at radius 1 is 1.17 bits per heavy atom. The van der Waals surface area contributed by atoms with E-state index in [1.54, 1.807) is 6.20 Å². The Bertz CT molecular complexity index is 588. The van der Waals surface area contributed by atoms with Crippen molar-refractivity contribution in [3.05, 3.63) is 48.0 Å². The summed E-state index contributed by atoms with van der Waals surface area (Å²) in [6.45, 7) is 9.90. The van der Waals surface area contributed by atoms with Crippen molar-refractivity contribution in [1.82, 2.24) is 20.2 Å². The number of imidazole rings is 1. The van der Waals surface area contributed by atoms with Gasteiger partial charge in [-0.05, 0) is 50.6 Å². The second-order valence-corrected chi connectivity index (χ2v) is 6.59. The summed E-state index contributed by atoms with van der Waals surface area (Å²) in [6.07, 6.45) is 6.15. The van der Waals surface area contributed by atoms with E-state index in [1.165, 1.54) is 43.7 Å². The lowest BCUT2D eigenvalue weighted by Crippen LogP contribution is -2.46. The van der Waals surface area contributed by atoms with Crippen molar-refractivity contribution >= 4 is 5.69 Å². The van der Waals surface area contributed by atoms with Crippen molar-refractivity contribution in [2.24, 2.45) is 0 Å². The first-order valence-electron chi connectivity index (χ1n) is 9.04. The van der Waals surface area contributed by atoms with Crippen molar-refractivity contribution in [3.63, 3.8) is 0 Å². The van der Waals surface area contributed by atoms with Crippen LogP contribution in [0.25, 0.3) is 0 Å². The van der Waals surface area contributed by atoms with E-state index in [4.69, 9.17) is 0 Å². The predicted molar refractivity (Wildman–Crippen MR) is 99.4 cm³/mol. The second kappa shape index (κ2) is 8.85. The Morgan fingerprint density at radius 2 is 2.04 bits per heavy atom. The first-order chi connectivity index (χ1) is 11.8. The van der Waals surface area contributed by atoms with Gasteiger partial charge in [-0.15, -0.1) is 0 Å². The van der Waals surface area contributed by atoms with Crippen molar-refractivity contribution in [2.45, 2.75) is 26.3 Å². The summed E-state index contributed by atoms with van der Waals surface area (Å²) < 4.78 is 0. The molecule has 5 nitrogen and oxygen atoms in total. The summed E-state index contributed by atoms with van der Waals surface area (Å²) in [5.74, 6) is 1.02. The van der Waals surface area contributed by atoms with E-state index >= 15 is 0 Å². The van der Waals surface area contributed by atoms with Crippen LogP contribution in [-0.4, -0.2) is 54.1 Å². The first kappa shape index (κ1) is 17.0. The average Bonchev–Trinajstić information content (AvgIpc) is 3.12. The summed E-state index contributed by atoms with van der Waals surface area (Å²) in [6, 6.07) is 8.85. The molecule has 2 aromatic rings. The molecule has 1 aromatic carbocycles. The zero-order chi connectivity index (χ0) is 16.6. The van der Waals surface area contributed by atoms with Crippen LogP contribution in [0.2, 0.25) is 0 Å². The molecule has 0 bridgehead atoms. The second-order valence-electron chi connectivity index (χ2n) is 6.59. The van der Waals surface area contributed by atoms with Crippen molar-refractivity contribution in [2.75, 3.05) is 44.2 Å². The van der Waals surface area contributed by atoms with Gasteiger partial charge in [-0.3, -0.25) is 4.90 Å². The molecule has 0 radical (unpaired) electrons. The normalized spacial score (nSPS) is 15.8. The van der Waals surface area contributed by atoms with Gasteiger partial charge in [0.25, 0.3) is 0 Å². The minimum absolute atomic E-state index is 0.835. The van der Waals surface area contributed by atoms with Crippen molar-refractivity contribution in [3.8, 4) is 0 Å².